The Morgan fingerprint density at radius 3 is 2.94 bits per heavy atom. The maximum absolute atomic E-state index is 12.5. The number of hydrogen-bond donors (Lipinski definition) is 1. The van der Waals surface area contributed by atoms with Gasteiger partial charge in [-0.2, -0.15) is 0 Å². The van der Waals surface area contributed by atoms with Crippen LogP contribution in [0.15, 0.2) is 16.7 Å². The molecular formula is C13H19BrN2O2. The molecule has 1 aromatic rings. The summed E-state index contributed by atoms with van der Waals surface area (Å²) in [6, 6.07) is 1.81. The van der Waals surface area contributed by atoms with Crippen molar-refractivity contribution in [1.82, 2.24) is 9.47 Å². The summed E-state index contributed by atoms with van der Waals surface area (Å²) in [5, 5.41) is 9.42. The number of aromatic nitrogens is 1. The van der Waals surface area contributed by atoms with E-state index in [1.54, 1.807) is 4.90 Å². The van der Waals surface area contributed by atoms with Crippen molar-refractivity contribution < 1.29 is 9.90 Å². The average molecular weight is 315 g/mol. The highest BCUT2D eigenvalue weighted by molar-refractivity contribution is 9.10. The molecule has 1 aromatic heterocycles. The number of aliphatic hydroxyl groups is 1. The van der Waals surface area contributed by atoms with Crippen LogP contribution in [0, 0.1) is 5.92 Å². The number of aryl methyl sites for hydroxylation is 1. The molecule has 1 aliphatic heterocycles. The van der Waals surface area contributed by atoms with Crippen molar-refractivity contribution in [3.8, 4) is 0 Å². The number of amides is 1. The Kier molecular flexibility index (Phi) is 4.12. The van der Waals surface area contributed by atoms with Gasteiger partial charge in [0.1, 0.15) is 5.69 Å². The molecule has 2 rings (SSSR count). The van der Waals surface area contributed by atoms with E-state index in [0.29, 0.717) is 11.6 Å². The molecule has 100 valence electrons. The van der Waals surface area contributed by atoms with Crippen molar-refractivity contribution in [3.05, 3.63) is 22.4 Å². The summed E-state index contributed by atoms with van der Waals surface area (Å²) in [6.07, 6.45) is 2.88. The van der Waals surface area contributed by atoms with Gasteiger partial charge in [-0.25, -0.2) is 0 Å². The minimum atomic E-state index is -0.0449. The van der Waals surface area contributed by atoms with Crippen LogP contribution in [0.4, 0.5) is 0 Å². The van der Waals surface area contributed by atoms with Crippen LogP contribution in [0.5, 0.6) is 0 Å². The molecule has 0 aromatic carbocycles. The SMILES string of the molecule is CCn1cc(Br)cc1C(=O)N1CCC(C)C1CO. The Morgan fingerprint density at radius 1 is 1.61 bits per heavy atom. The second-order valence-electron chi connectivity index (χ2n) is 4.84. The number of carbonyl (C=O) groups excluding carboxylic acids is 1. The van der Waals surface area contributed by atoms with E-state index in [9.17, 15) is 9.90 Å². The van der Waals surface area contributed by atoms with Crippen LogP contribution >= 0.6 is 15.9 Å². The average Bonchev–Trinajstić information content (AvgIpc) is 2.91. The quantitative estimate of drug-likeness (QED) is 0.928. The zero-order chi connectivity index (χ0) is 13.3. The summed E-state index contributed by atoms with van der Waals surface area (Å²) in [6.45, 7) is 5.64. The van der Waals surface area contributed by atoms with Gasteiger partial charge in [0.15, 0.2) is 0 Å². The fourth-order valence-corrected chi connectivity index (χ4v) is 3.07. The first-order valence-electron chi connectivity index (χ1n) is 6.36. The summed E-state index contributed by atoms with van der Waals surface area (Å²) >= 11 is 3.40. The summed E-state index contributed by atoms with van der Waals surface area (Å²) in [5.74, 6) is 0.387. The normalized spacial score (nSPS) is 23.7. The van der Waals surface area contributed by atoms with E-state index in [4.69, 9.17) is 0 Å². The van der Waals surface area contributed by atoms with Crippen LogP contribution in [0.25, 0.3) is 0 Å². The van der Waals surface area contributed by atoms with Crippen molar-refractivity contribution in [2.45, 2.75) is 32.9 Å². The second-order valence-corrected chi connectivity index (χ2v) is 5.76. The molecule has 5 heteroatoms. The van der Waals surface area contributed by atoms with Gasteiger partial charge < -0.3 is 14.6 Å². The van der Waals surface area contributed by atoms with Crippen LogP contribution in [0.1, 0.15) is 30.8 Å². The minimum Gasteiger partial charge on any atom is -0.394 e. The number of hydrogen-bond acceptors (Lipinski definition) is 2. The molecule has 4 nitrogen and oxygen atoms in total. The Morgan fingerprint density at radius 2 is 2.33 bits per heavy atom. The Bertz CT molecular complexity index is 444. The third kappa shape index (κ3) is 2.34. The van der Waals surface area contributed by atoms with Gasteiger partial charge >= 0.3 is 0 Å². The van der Waals surface area contributed by atoms with Crippen molar-refractivity contribution in [1.29, 1.82) is 0 Å². The van der Waals surface area contributed by atoms with E-state index in [1.165, 1.54) is 0 Å². The molecule has 0 spiro atoms. The fourth-order valence-electron chi connectivity index (χ4n) is 2.60. The highest BCUT2D eigenvalue weighted by Crippen LogP contribution is 2.26. The lowest BCUT2D eigenvalue weighted by Gasteiger charge is -2.25. The first-order chi connectivity index (χ1) is 8.58. The monoisotopic (exact) mass is 314 g/mol. The van der Waals surface area contributed by atoms with Gasteiger partial charge in [0.2, 0.25) is 0 Å². The van der Waals surface area contributed by atoms with Gasteiger partial charge in [0, 0.05) is 23.8 Å². The lowest BCUT2D eigenvalue weighted by atomic mass is 10.0. The summed E-state index contributed by atoms with van der Waals surface area (Å²) in [4.78, 5) is 14.3. The summed E-state index contributed by atoms with van der Waals surface area (Å²) in [7, 11) is 0. The topological polar surface area (TPSA) is 45.5 Å². The molecule has 0 aliphatic carbocycles. The van der Waals surface area contributed by atoms with E-state index in [2.05, 4.69) is 22.9 Å². The lowest BCUT2D eigenvalue weighted by Crippen LogP contribution is -2.40. The van der Waals surface area contributed by atoms with Gasteiger partial charge in [-0.3, -0.25) is 4.79 Å². The number of carbonyl (C=O) groups is 1. The third-order valence-electron chi connectivity index (χ3n) is 3.75. The van der Waals surface area contributed by atoms with Crippen LogP contribution in [-0.4, -0.2) is 39.7 Å². The number of likely N-dealkylation sites (tertiary alicyclic amines) is 1. The van der Waals surface area contributed by atoms with E-state index in [1.807, 2.05) is 23.8 Å². The largest absolute Gasteiger partial charge is 0.394 e. The number of aliphatic hydroxyl groups excluding tert-OH is 1. The number of nitrogens with zero attached hydrogens (tertiary/aromatic N) is 2. The zero-order valence-electron chi connectivity index (χ0n) is 10.8. The zero-order valence-corrected chi connectivity index (χ0v) is 12.4. The van der Waals surface area contributed by atoms with Gasteiger partial charge in [-0.1, -0.05) is 6.92 Å². The highest BCUT2D eigenvalue weighted by atomic mass is 79.9. The van der Waals surface area contributed by atoms with Crippen LogP contribution in [-0.2, 0) is 6.54 Å². The van der Waals surface area contributed by atoms with E-state index in [0.717, 1.165) is 24.0 Å². The third-order valence-corrected chi connectivity index (χ3v) is 4.19. The first kappa shape index (κ1) is 13.6. The van der Waals surface area contributed by atoms with E-state index < -0.39 is 0 Å². The van der Waals surface area contributed by atoms with Crippen molar-refractivity contribution in [2.75, 3.05) is 13.2 Å². The van der Waals surface area contributed by atoms with Crippen molar-refractivity contribution in [2.24, 2.45) is 5.92 Å². The molecule has 1 saturated heterocycles. The minimum absolute atomic E-state index is 0.0194. The fraction of sp³-hybridized carbons (Fsp3) is 0.615. The Hall–Kier alpha value is -0.810. The number of rotatable bonds is 3. The maximum atomic E-state index is 12.5. The van der Waals surface area contributed by atoms with Gasteiger partial charge in [-0.15, -0.1) is 0 Å². The van der Waals surface area contributed by atoms with Gasteiger partial charge in [0.05, 0.1) is 12.6 Å². The van der Waals surface area contributed by atoms with Crippen molar-refractivity contribution in [3.63, 3.8) is 0 Å². The first-order valence-corrected chi connectivity index (χ1v) is 7.15. The summed E-state index contributed by atoms with van der Waals surface area (Å²) < 4.78 is 2.85. The van der Waals surface area contributed by atoms with Crippen LogP contribution < -0.4 is 0 Å². The Labute approximate surface area is 116 Å². The predicted octanol–water partition coefficient (Wildman–Crippen LogP) is 2.11. The highest BCUT2D eigenvalue weighted by Gasteiger charge is 2.35. The molecule has 0 bridgehead atoms. The molecule has 2 heterocycles. The summed E-state index contributed by atoms with van der Waals surface area (Å²) in [5.41, 5.74) is 0.692. The molecule has 18 heavy (non-hydrogen) atoms. The number of halogens is 1. The lowest BCUT2D eigenvalue weighted by molar-refractivity contribution is 0.0637. The molecular weight excluding hydrogens is 296 g/mol. The standard InChI is InChI=1S/C13H19BrN2O2/c1-3-15-7-10(14)6-11(15)13(18)16-5-4-9(2)12(16)8-17/h6-7,9,12,17H,3-5,8H2,1-2H3. The van der Waals surface area contributed by atoms with E-state index >= 15 is 0 Å². The van der Waals surface area contributed by atoms with Crippen LogP contribution in [0.3, 0.4) is 0 Å². The molecule has 2 unspecified atom stereocenters. The van der Waals surface area contributed by atoms with Crippen molar-refractivity contribution >= 4 is 21.8 Å². The van der Waals surface area contributed by atoms with Gasteiger partial charge in [0.25, 0.3) is 5.91 Å². The molecule has 2 atom stereocenters. The molecule has 0 saturated carbocycles. The van der Waals surface area contributed by atoms with Gasteiger partial charge in [-0.05, 0) is 41.3 Å². The smallest absolute Gasteiger partial charge is 0.270 e. The molecule has 1 fully saturated rings. The molecule has 1 aliphatic rings. The Balaban J connectivity index is 2.25. The molecule has 1 amide bonds. The predicted molar refractivity (Wildman–Crippen MR) is 73.5 cm³/mol. The van der Waals surface area contributed by atoms with E-state index in [-0.39, 0.29) is 18.6 Å². The molecule has 1 N–H and O–H groups in total. The maximum Gasteiger partial charge on any atom is 0.270 e. The van der Waals surface area contributed by atoms with Crippen LogP contribution in [0.2, 0.25) is 0 Å². The second kappa shape index (κ2) is 5.45. The molecule has 0 radical (unpaired) electrons.